The molecule has 2 aromatic carbocycles. The summed E-state index contributed by atoms with van der Waals surface area (Å²) >= 11 is 0. The molecule has 2 amide bonds. The van der Waals surface area contributed by atoms with E-state index in [1.165, 1.54) is 4.90 Å². The summed E-state index contributed by atoms with van der Waals surface area (Å²) in [5.41, 5.74) is 1.50. The Labute approximate surface area is 147 Å². The SMILES string of the molecule is Cc1ccc(Oc2ccccc2)c(NC(=O)N(C)CC(C)C(=O)O)c1. The maximum absolute atomic E-state index is 12.4. The Morgan fingerprint density at radius 3 is 2.52 bits per heavy atom. The predicted octanol–water partition coefficient (Wildman–Crippen LogP) is 3.97. The third-order valence-electron chi connectivity index (χ3n) is 3.66. The standard InChI is InChI=1S/C19H22N2O4/c1-13-9-10-17(25-15-7-5-4-6-8-15)16(11-13)20-19(24)21(3)12-14(2)18(22)23/h4-11,14H,12H2,1-3H3,(H,20,24)(H,22,23). The van der Waals surface area contributed by atoms with Crippen molar-refractivity contribution in [2.24, 2.45) is 5.92 Å². The fourth-order valence-electron chi connectivity index (χ4n) is 2.23. The van der Waals surface area contributed by atoms with Crippen LogP contribution in [0.1, 0.15) is 12.5 Å². The topological polar surface area (TPSA) is 78.9 Å². The van der Waals surface area contributed by atoms with Gasteiger partial charge in [-0.2, -0.15) is 0 Å². The zero-order valence-electron chi connectivity index (χ0n) is 14.5. The Bertz CT molecular complexity index is 746. The summed E-state index contributed by atoms with van der Waals surface area (Å²) in [6, 6.07) is 14.4. The maximum atomic E-state index is 12.4. The van der Waals surface area contributed by atoms with Gasteiger partial charge < -0.3 is 20.1 Å². The number of rotatable bonds is 6. The van der Waals surface area contributed by atoms with Gasteiger partial charge in [0.15, 0.2) is 5.75 Å². The predicted molar refractivity (Wildman–Crippen MR) is 96.1 cm³/mol. The molecule has 2 rings (SSSR count). The van der Waals surface area contributed by atoms with E-state index in [0.717, 1.165) is 5.56 Å². The van der Waals surface area contributed by atoms with Crippen molar-refractivity contribution >= 4 is 17.7 Å². The molecular formula is C19H22N2O4. The van der Waals surface area contributed by atoms with E-state index in [-0.39, 0.29) is 6.54 Å². The number of amides is 2. The number of ether oxygens (including phenoxy) is 1. The fourth-order valence-corrected chi connectivity index (χ4v) is 2.23. The van der Waals surface area contributed by atoms with Crippen LogP contribution < -0.4 is 10.1 Å². The van der Waals surface area contributed by atoms with Crippen LogP contribution in [0.4, 0.5) is 10.5 Å². The average Bonchev–Trinajstić information content (AvgIpc) is 2.58. The Kier molecular flexibility index (Phi) is 6.00. The number of anilines is 1. The van der Waals surface area contributed by atoms with E-state index in [1.54, 1.807) is 20.0 Å². The van der Waals surface area contributed by atoms with Gasteiger partial charge in [0.25, 0.3) is 0 Å². The van der Waals surface area contributed by atoms with Crippen molar-refractivity contribution in [2.45, 2.75) is 13.8 Å². The zero-order valence-corrected chi connectivity index (χ0v) is 14.5. The number of hydrogen-bond acceptors (Lipinski definition) is 3. The molecule has 0 aromatic heterocycles. The van der Waals surface area contributed by atoms with Gasteiger partial charge in [-0.25, -0.2) is 4.79 Å². The number of nitrogens with zero attached hydrogens (tertiary/aromatic N) is 1. The summed E-state index contributed by atoms with van der Waals surface area (Å²) in [4.78, 5) is 24.6. The van der Waals surface area contributed by atoms with Gasteiger partial charge in [-0.05, 0) is 36.8 Å². The first-order valence-corrected chi connectivity index (χ1v) is 7.95. The normalized spacial score (nSPS) is 11.5. The van der Waals surface area contributed by atoms with Gasteiger partial charge in [0.05, 0.1) is 11.6 Å². The van der Waals surface area contributed by atoms with Crippen LogP contribution >= 0.6 is 0 Å². The molecule has 2 aromatic rings. The number of carbonyl (C=O) groups is 2. The first-order chi connectivity index (χ1) is 11.9. The first kappa shape index (κ1) is 18.3. The Morgan fingerprint density at radius 1 is 1.20 bits per heavy atom. The van der Waals surface area contributed by atoms with Crippen molar-refractivity contribution in [3.8, 4) is 11.5 Å². The minimum Gasteiger partial charge on any atom is -0.481 e. The second kappa shape index (κ2) is 8.19. The average molecular weight is 342 g/mol. The van der Waals surface area contributed by atoms with Gasteiger partial charge in [-0.15, -0.1) is 0 Å². The molecular weight excluding hydrogens is 320 g/mol. The largest absolute Gasteiger partial charge is 0.481 e. The molecule has 6 heteroatoms. The quantitative estimate of drug-likeness (QED) is 0.832. The van der Waals surface area contributed by atoms with Crippen molar-refractivity contribution in [1.82, 2.24) is 4.90 Å². The van der Waals surface area contributed by atoms with E-state index in [9.17, 15) is 9.59 Å². The molecule has 1 unspecified atom stereocenters. The molecule has 25 heavy (non-hydrogen) atoms. The van der Waals surface area contributed by atoms with Gasteiger partial charge in [0.2, 0.25) is 0 Å². The lowest BCUT2D eigenvalue weighted by atomic mass is 10.2. The molecule has 0 spiro atoms. The lowest BCUT2D eigenvalue weighted by Gasteiger charge is -2.21. The number of benzene rings is 2. The molecule has 1 atom stereocenters. The maximum Gasteiger partial charge on any atom is 0.321 e. The highest BCUT2D eigenvalue weighted by Gasteiger charge is 2.18. The third kappa shape index (κ3) is 5.24. The van der Waals surface area contributed by atoms with Crippen LogP contribution in [0.15, 0.2) is 48.5 Å². The number of aliphatic carboxylic acids is 1. The number of carbonyl (C=O) groups excluding carboxylic acids is 1. The second-order valence-electron chi connectivity index (χ2n) is 5.96. The molecule has 0 radical (unpaired) electrons. The van der Waals surface area contributed by atoms with Crippen molar-refractivity contribution in [1.29, 1.82) is 0 Å². The van der Waals surface area contributed by atoms with Crippen molar-refractivity contribution in [3.05, 3.63) is 54.1 Å². The summed E-state index contributed by atoms with van der Waals surface area (Å²) in [5, 5.41) is 11.8. The number of carboxylic acids is 1. The number of aryl methyl sites for hydroxylation is 1. The number of para-hydroxylation sites is 1. The molecule has 0 fully saturated rings. The molecule has 0 aliphatic rings. The molecule has 2 N–H and O–H groups in total. The van der Waals surface area contributed by atoms with Crippen molar-refractivity contribution in [2.75, 3.05) is 18.9 Å². The summed E-state index contributed by atoms with van der Waals surface area (Å²) in [5.74, 6) is -0.406. The minimum atomic E-state index is -0.941. The van der Waals surface area contributed by atoms with Gasteiger partial charge in [0, 0.05) is 13.6 Å². The van der Waals surface area contributed by atoms with Gasteiger partial charge in [-0.1, -0.05) is 31.2 Å². The van der Waals surface area contributed by atoms with E-state index in [0.29, 0.717) is 17.2 Å². The van der Waals surface area contributed by atoms with E-state index < -0.39 is 17.9 Å². The highest BCUT2D eigenvalue weighted by atomic mass is 16.5. The number of nitrogens with one attached hydrogen (secondary N) is 1. The van der Waals surface area contributed by atoms with Crippen LogP contribution in [0.3, 0.4) is 0 Å². The molecule has 0 saturated carbocycles. The van der Waals surface area contributed by atoms with Crippen LogP contribution in [0, 0.1) is 12.8 Å². The number of hydrogen-bond donors (Lipinski definition) is 2. The lowest BCUT2D eigenvalue weighted by molar-refractivity contribution is -0.141. The molecule has 0 bridgehead atoms. The van der Waals surface area contributed by atoms with Crippen molar-refractivity contribution in [3.63, 3.8) is 0 Å². The fraction of sp³-hybridized carbons (Fsp3) is 0.263. The lowest BCUT2D eigenvalue weighted by Crippen LogP contribution is -2.36. The van der Waals surface area contributed by atoms with Crippen LogP contribution in [0.2, 0.25) is 0 Å². The molecule has 0 aliphatic carbocycles. The Balaban J connectivity index is 2.13. The minimum absolute atomic E-state index is 0.113. The van der Waals surface area contributed by atoms with Gasteiger partial charge in [-0.3, -0.25) is 4.79 Å². The van der Waals surface area contributed by atoms with Crippen LogP contribution in [-0.4, -0.2) is 35.6 Å². The second-order valence-corrected chi connectivity index (χ2v) is 5.96. The molecule has 6 nitrogen and oxygen atoms in total. The molecule has 0 heterocycles. The summed E-state index contributed by atoms with van der Waals surface area (Å²) in [7, 11) is 1.56. The smallest absolute Gasteiger partial charge is 0.321 e. The summed E-state index contributed by atoms with van der Waals surface area (Å²) in [6.07, 6.45) is 0. The molecule has 132 valence electrons. The van der Waals surface area contributed by atoms with Gasteiger partial charge >= 0.3 is 12.0 Å². The molecule has 0 saturated heterocycles. The summed E-state index contributed by atoms with van der Waals surface area (Å²) in [6.45, 7) is 3.59. The van der Waals surface area contributed by atoms with E-state index >= 15 is 0 Å². The third-order valence-corrected chi connectivity index (χ3v) is 3.66. The van der Waals surface area contributed by atoms with E-state index in [4.69, 9.17) is 9.84 Å². The van der Waals surface area contributed by atoms with Gasteiger partial charge in [0.1, 0.15) is 5.75 Å². The van der Waals surface area contributed by atoms with Crippen LogP contribution in [-0.2, 0) is 4.79 Å². The number of urea groups is 1. The van der Waals surface area contributed by atoms with E-state index in [2.05, 4.69) is 5.32 Å². The number of carboxylic acid groups (broad SMARTS) is 1. The van der Waals surface area contributed by atoms with Crippen LogP contribution in [0.25, 0.3) is 0 Å². The highest BCUT2D eigenvalue weighted by molar-refractivity contribution is 5.91. The van der Waals surface area contributed by atoms with Crippen LogP contribution in [0.5, 0.6) is 11.5 Å². The van der Waals surface area contributed by atoms with Crippen molar-refractivity contribution < 1.29 is 19.4 Å². The Morgan fingerprint density at radius 2 is 1.88 bits per heavy atom. The first-order valence-electron chi connectivity index (χ1n) is 7.95. The zero-order chi connectivity index (χ0) is 18.4. The highest BCUT2D eigenvalue weighted by Crippen LogP contribution is 2.30. The monoisotopic (exact) mass is 342 g/mol. The van der Waals surface area contributed by atoms with E-state index in [1.807, 2.05) is 49.4 Å². The summed E-state index contributed by atoms with van der Waals surface area (Å²) < 4.78 is 5.84. The Hall–Kier alpha value is -3.02. The molecule has 0 aliphatic heterocycles.